The largest absolute Gasteiger partial charge is 0.432 e. The summed E-state index contributed by atoms with van der Waals surface area (Å²) in [6.07, 6.45) is 6.72. The lowest BCUT2D eigenvalue weighted by Crippen LogP contribution is -2.59. The van der Waals surface area contributed by atoms with Crippen LogP contribution in [0.25, 0.3) is 0 Å². The summed E-state index contributed by atoms with van der Waals surface area (Å²) in [5.41, 5.74) is 2.56. The molecule has 2 aromatic heterocycles. The number of aromatic nitrogens is 3. The van der Waals surface area contributed by atoms with E-state index < -0.39 is 0 Å². The molecule has 0 saturated carbocycles. The SMILES string of the molecule is CN(c1ncco1)C1CN(c2cc3c(nn2)CCC3)C1. The van der Waals surface area contributed by atoms with Gasteiger partial charge in [-0.2, -0.15) is 5.10 Å². The monoisotopic (exact) mass is 271 g/mol. The van der Waals surface area contributed by atoms with E-state index in [1.165, 1.54) is 17.7 Å². The number of likely N-dealkylation sites (N-methyl/N-ethyl adjacent to an activating group) is 1. The summed E-state index contributed by atoms with van der Waals surface area (Å²) in [6.45, 7) is 1.87. The molecule has 3 heterocycles. The number of aryl methyl sites for hydroxylation is 2. The second-order valence-corrected chi connectivity index (χ2v) is 5.51. The number of hydrogen-bond donors (Lipinski definition) is 0. The van der Waals surface area contributed by atoms with Crippen molar-refractivity contribution >= 4 is 11.8 Å². The number of anilines is 2. The van der Waals surface area contributed by atoms with Crippen LogP contribution in [0.2, 0.25) is 0 Å². The van der Waals surface area contributed by atoms with E-state index in [2.05, 4.69) is 31.0 Å². The molecule has 2 aromatic rings. The third kappa shape index (κ3) is 1.83. The van der Waals surface area contributed by atoms with Crippen molar-refractivity contribution in [2.24, 2.45) is 0 Å². The zero-order valence-electron chi connectivity index (χ0n) is 11.5. The molecule has 0 unspecified atom stereocenters. The Labute approximate surface area is 117 Å². The first kappa shape index (κ1) is 11.7. The highest BCUT2D eigenvalue weighted by atomic mass is 16.4. The van der Waals surface area contributed by atoms with Crippen LogP contribution in [0.5, 0.6) is 0 Å². The molecule has 1 saturated heterocycles. The Morgan fingerprint density at radius 3 is 3.00 bits per heavy atom. The van der Waals surface area contributed by atoms with Crippen LogP contribution >= 0.6 is 0 Å². The van der Waals surface area contributed by atoms with Crippen molar-refractivity contribution in [3.63, 3.8) is 0 Å². The molecule has 1 aliphatic carbocycles. The maximum Gasteiger partial charge on any atom is 0.297 e. The van der Waals surface area contributed by atoms with Crippen LogP contribution in [-0.4, -0.2) is 41.4 Å². The molecule has 4 rings (SSSR count). The van der Waals surface area contributed by atoms with Crippen molar-refractivity contribution in [3.8, 4) is 0 Å². The second-order valence-electron chi connectivity index (χ2n) is 5.51. The maximum atomic E-state index is 5.32. The second kappa shape index (κ2) is 4.47. The highest BCUT2D eigenvalue weighted by Crippen LogP contribution is 2.27. The summed E-state index contributed by atoms with van der Waals surface area (Å²) in [6, 6.07) is 3.30. The fourth-order valence-corrected chi connectivity index (χ4v) is 2.91. The van der Waals surface area contributed by atoms with E-state index in [9.17, 15) is 0 Å². The van der Waals surface area contributed by atoms with E-state index in [-0.39, 0.29) is 0 Å². The van der Waals surface area contributed by atoms with Crippen LogP contribution in [0.15, 0.2) is 22.9 Å². The van der Waals surface area contributed by atoms with Crippen molar-refractivity contribution < 1.29 is 4.42 Å². The molecule has 1 fully saturated rings. The molecule has 0 spiro atoms. The van der Waals surface area contributed by atoms with Gasteiger partial charge in [0.2, 0.25) is 0 Å². The molecule has 0 radical (unpaired) electrons. The Morgan fingerprint density at radius 2 is 2.20 bits per heavy atom. The molecule has 20 heavy (non-hydrogen) atoms. The van der Waals surface area contributed by atoms with E-state index in [1.807, 2.05) is 7.05 Å². The maximum absolute atomic E-state index is 5.32. The molecular formula is C14H17N5O. The minimum atomic E-state index is 0.420. The van der Waals surface area contributed by atoms with E-state index in [0.29, 0.717) is 12.1 Å². The number of rotatable bonds is 3. The first-order chi connectivity index (χ1) is 9.81. The lowest BCUT2D eigenvalue weighted by Gasteiger charge is -2.43. The Bertz CT molecular complexity index is 606. The van der Waals surface area contributed by atoms with Crippen LogP contribution in [0.4, 0.5) is 11.8 Å². The van der Waals surface area contributed by atoms with Crippen LogP contribution < -0.4 is 9.80 Å². The third-order valence-corrected chi connectivity index (χ3v) is 4.26. The fourth-order valence-electron chi connectivity index (χ4n) is 2.91. The van der Waals surface area contributed by atoms with E-state index >= 15 is 0 Å². The van der Waals surface area contributed by atoms with E-state index in [1.54, 1.807) is 12.5 Å². The summed E-state index contributed by atoms with van der Waals surface area (Å²) in [7, 11) is 2.02. The highest BCUT2D eigenvalue weighted by molar-refractivity contribution is 5.47. The zero-order valence-corrected chi connectivity index (χ0v) is 11.5. The molecular weight excluding hydrogens is 254 g/mol. The van der Waals surface area contributed by atoms with Crippen molar-refractivity contribution in [1.82, 2.24) is 15.2 Å². The van der Waals surface area contributed by atoms with Crippen molar-refractivity contribution in [3.05, 3.63) is 29.8 Å². The molecule has 0 atom stereocenters. The van der Waals surface area contributed by atoms with Gasteiger partial charge >= 0.3 is 0 Å². The normalized spacial score (nSPS) is 17.9. The molecule has 104 valence electrons. The third-order valence-electron chi connectivity index (χ3n) is 4.26. The quantitative estimate of drug-likeness (QED) is 0.838. The summed E-state index contributed by atoms with van der Waals surface area (Å²) in [4.78, 5) is 8.52. The molecule has 1 aliphatic heterocycles. The predicted molar refractivity (Wildman–Crippen MR) is 75.0 cm³/mol. The van der Waals surface area contributed by atoms with Gasteiger partial charge in [-0.25, -0.2) is 4.98 Å². The highest BCUT2D eigenvalue weighted by Gasteiger charge is 2.33. The van der Waals surface area contributed by atoms with Gasteiger partial charge in [0.1, 0.15) is 6.26 Å². The first-order valence-electron chi connectivity index (χ1n) is 7.04. The molecule has 0 bridgehead atoms. The summed E-state index contributed by atoms with van der Waals surface area (Å²) >= 11 is 0. The Morgan fingerprint density at radius 1 is 1.30 bits per heavy atom. The number of fused-ring (bicyclic) bond motifs is 1. The standard InChI is InChI=1S/C14H17N5O/c1-18(14-15-5-6-20-14)11-8-19(9-11)13-7-10-3-2-4-12(10)16-17-13/h5-7,11H,2-4,8-9H2,1H3. The zero-order chi connectivity index (χ0) is 13.5. The molecule has 0 aromatic carbocycles. The average Bonchev–Trinajstić information content (AvgIpc) is 3.07. The van der Waals surface area contributed by atoms with Crippen molar-refractivity contribution in [1.29, 1.82) is 0 Å². The van der Waals surface area contributed by atoms with Crippen molar-refractivity contribution in [2.75, 3.05) is 29.9 Å². The fraction of sp³-hybridized carbons (Fsp3) is 0.500. The lowest BCUT2D eigenvalue weighted by atomic mass is 10.1. The smallest absolute Gasteiger partial charge is 0.297 e. The van der Waals surface area contributed by atoms with Crippen LogP contribution in [-0.2, 0) is 12.8 Å². The van der Waals surface area contributed by atoms with Crippen LogP contribution in [0.3, 0.4) is 0 Å². The van der Waals surface area contributed by atoms with E-state index in [4.69, 9.17) is 4.42 Å². The minimum absolute atomic E-state index is 0.420. The topological polar surface area (TPSA) is 58.3 Å². The molecule has 6 heteroatoms. The number of nitrogens with zero attached hydrogens (tertiary/aromatic N) is 5. The number of oxazole rings is 1. The molecule has 0 amide bonds. The first-order valence-corrected chi connectivity index (χ1v) is 7.04. The van der Waals surface area contributed by atoms with Gasteiger partial charge in [0.05, 0.1) is 17.9 Å². The van der Waals surface area contributed by atoms with Gasteiger partial charge in [0.25, 0.3) is 6.01 Å². The molecule has 6 nitrogen and oxygen atoms in total. The summed E-state index contributed by atoms with van der Waals surface area (Å²) in [5, 5.41) is 8.69. The number of hydrogen-bond acceptors (Lipinski definition) is 6. The van der Waals surface area contributed by atoms with E-state index in [0.717, 1.165) is 31.7 Å². The Kier molecular flexibility index (Phi) is 2.61. The van der Waals surface area contributed by atoms with Gasteiger partial charge < -0.3 is 14.2 Å². The molecule has 2 aliphatic rings. The van der Waals surface area contributed by atoms with Gasteiger partial charge in [-0.05, 0) is 30.9 Å². The Hall–Kier alpha value is -2.11. The summed E-state index contributed by atoms with van der Waals surface area (Å²) < 4.78 is 5.32. The molecule has 0 N–H and O–H groups in total. The minimum Gasteiger partial charge on any atom is -0.432 e. The van der Waals surface area contributed by atoms with Gasteiger partial charge in [0.15, 0.2) is 5.82 Å². The Balaban J connectivity index is 1.44. The van der Waals surface area contributed by atoms with Gasteiger partial charge in [-0.3, -0.25) is 0 Å². The average molecular weight is 271 g/mol. The predicted octanol–water partition coefficient (Wildman–Crippen LogP) is 1.28. The van der Waals surface area contributed by atoms with Crippen LogP contribution in [0, 0.1) is 0 Å². The lowest BCUT2D eigenvalue weighted by molar-refractivity contribution is 0.448. The van der Waals surface area contributed by atoms with Gasteiger partial charge in [-0.15, -0.1) is 5.10 Å². The van der Waals surface area contributed by atoms with Gasteiger partial charge in [-0.1, -0.05) is 0 Å². The summed E-state index contributed by atoms with van der Waals surface area (Å²) in [5.74, 6) is 1.00. The van der Waals surface area contributed by atoms with Crippen molar-refractivity contribution in [2.45, 2.75) is 25.3 Å². The van der Waals surface area contributed by atoms with Crippen LogP contribution in [0.1, 0.15) is 17.7 Å². The van der Waals surface area contributed by atoms with Gasteiger partial charge in [0, 0.05) is 20.1 Å².